The van der Waals surface area contributed by atoms with Gasteiger partial charge in [-0.1, -0.05) is 6.92 Å². The van der Waals surface area contributed by atoms with Gasteiger partial charge in [0.1, 0.15) is 0 Å². The Morgan fingerprint density at radius 3 is 2.04 bits per heavy atom. The van der Waals surface area contributed by atoms with Crippen LogP contribution in [0, 0.1) is 0 Å². The molecule has 1 atom stereocenters. The standard InChI is InChI=1S/C21H24N2O3S/c1-4-5-20(25)23-18-8-6-16(7-9-18)21(26)14(2)27-19-12-10-17(11-13-19)22-15(3)24/h6-14H,4-5H2,1-3H3,(H,22,24)(H,23,25). The summed E-state index contributed by atoms with van der Waals surface area (Å²) in [4.78, 5) is 36.3. The molecule has 6 heteroatoms. The first-order chi connectivity index (χ1) is 12.9. The number of ketones is 1. The van der Waals surface area contributed by atoms with E-state index >= 15 is 0 Å². The minimum Gasteiger partial charge on any atom is -0.326 e. The summed E-state index contributed by atoms with van der Waals surface area (Å²) < 4.78 is 0. The lowest BCUT2D eigenvalue weighted by Crippen LogP contribution is -2.14. The SMILES string of the molecule is CCCC(=O)Nc1ccc(C(=O)C(C)Sc2ccc(NC(C)=O)cc2)cc1. The number of benzene rings is 2. The van der Waals surface area contributed by atoms with Crippen molar-refractivity contribution in [1.82, 2.24) is 0 Å². The smallest absolute Gasteiger partial charge is 0.224 e. The summed E-state index contributed by atoms with van der Waals surface area (Å²) in [6.45, 7) is 5.28. The number of hydrogen-bond donors (Lipinski definition) is 2. The van der Waals surface area contributed by atoms with Gasteiger partial charge >= 0.3 is 0 Å². The number of amides is 2. The van der Waals surface area contributed by atoms with E-state index in [1.54, 1.807) is 24.3 Å². The second kappa shape index (κ2) is 9.92. The van der Waals surface area contributed by atoms with E-state index in [9.17, 15) is 14.4 Å². The van der Waals surface area contributed by atoms with Crippen molar-refractivity contribution in [2.45, 2.75) is 43.8 Å². The third kappa shape index (κ3) is 6.57. The van der Waals surface area contributed by atoms with Crippen LogP contribution in [0.3, 0.4) is 0 Å². The normalized spacial score (nSPS) is 11.5. The van der Waals surface area contributed by atoms with E-state index in [-0.39, 0.29) is 22.8 Å². The molecule has 0 radical (unpaired) electrons. The minimum absolute atomic E-state index is 0.0248. The van der Waals surface area contributed by atoms with Crippen molar-refractivity contribution in [2.75, 3.05) is 10.6 Å². The van der Waals surface area contributed by atoms with Crippen molar-refractivity contribution in [3.8, 4) is 0 Å². The van der Waals surface area contributed by atoms with E-state index in [1.165, 1.54) is 18.7 Å². The Balaban J connectivity index is 1.96. The number of carbonyl (C=O) groups excluding carboxylic acids is 3. The lowest BCUT2D eigenvalue weighted by molar-refractivity contribution is -0.116. The zero-order chi connectivity index (χ0) is 19.8. The topological polar surface area (TPSA) is 75.3 Å². The van der Waals surface area contributed by atoms with Gasteiger partial charge < -0.3 is 10.6 Å². The molecule has 0 aromatic heterocycles. The van der Waals surface area contributed by atoms with E-state index in [0.717, 1.165) is 17.0 Å². The number of Topliss-reactive ketones (excluding diaryl/α,β-unsaturated/α-hetero) is 1. The first-order valence-corrected chi connectivity index (χ1v) is 9.75. The van der Waals surface area contributed by atoms with Crippen LogP contribution in [0.5, 0.6) is 0 Å². The molecule has 0 saturated carbocycles. The fourth-order valence-electron chi connectivity index (χ4n) is 2.48. The second-order valence-corrected chi connectivity index (χ2v) is 7.62. The van der Waals surface area contributed by atoms with E-state index in [1.807, 2.05) is 38.1 Å². The maximum Gasteiger partial charge on any atom is 0.224 e. The van der Waals surface area contributed by atoms with Crippen LogP contribution in [0.1, 0.15) is 44.0 Å². The molecule has 0 aliphatic heterocycles. The highest BCUT2D eigenvalue weighted by molar-refractivity contribution is 8.00. The maximum atomic E-state index is 12.6. The summed E-state index contributed by atoms with van der Waals surface area (Å²) in [5, 5.41) is 5.27. The van der Waals surface area contributed by atoms with Gasteiger partial charge in [0.25, 0.3) is 0 Å². The van der Waals surface area contributed by atoms with E-state index in [4.69, 9.17) is 0 Å². The van der Waals surface area contributed by atoms with Crippen molar-refractivity contribution in [3.63, 3.8) is 0 Å². The van der Waals surface area contributed by atoms with Crippen molar-refractivity contribution in [2.24, 2.45) is 0 Å². The first kappa shape index (κ1) is 20.7. The van der Waals surface area contributed by atoms with Gasteiger partial charge in [0, 0.05) is 35.2 Å². The van der Waals surface area contributed by atoms with E-state index in [0.29, 0.717) is 17.7 Å². The quantitative estimate of drug-likeness (QED) is 0.509. The summed E-state index contributed by atoms with van der Waals surface area (Å²) in [6, 6.07) is 14.4. The molecule has 0 fully saturated rings. The molecule has 27 heavy (non-hydrogen) atoms. The van der Waals surface area contributed by atoms with Crippen LogP contribution in [0.4, 0.5) is 11.4 Å². The van der Waals surface area contributed by atoms with Gasteiger partial charge in [0.2, 0.25) is 11.8 Å². The summed E-state index contributed by atoms with van der Waals surface area (Å²) in [7, 11) is 0. The monoisotopic (exact) mass is 384 g/mol. The second-order valence-electron chi connectivity index (χ2n) is 6.21. The maximum absolute atomic E-state index is 12.6. The Kier molecular flexibility index (Phi) is 7.61. The largest absolute Gasteiger partial charge is 0.326 e. The molecule has 2 aromatic rings. The van der Waals surface area contributed by atoms with Crippen LogP contribution in [-0.2, 0) is 9.59 Å². The molecule has 0 bridgehead atoms. The van der Waals surface area contributed by atoms with Crippen molar-refractivity contribution < 1.29 is 14.4 Å². The summed E-state index contributed by atoms with van der Waals surface area (Å²) in [5.41, 5.74) is 2.03. The molecule has 5 nitrogen and oxygen atoms in total. The highest BCUT2D eigenvalue weighted by atomic mass is 32.2. The average Bonchev–Trinajstić information content (AvgIpc) is 2.63. The van der Waals surface area contributed by atoms with E-state index in [2.05, 4.69) is 10.6 Å². The number of carbonyl (C=O) groups is 3. The molecule has 0 aliphatic carbocycles. The van der Waals surface area contributed by atoms with Crippen LogP contribution in [0.25, 0.3) is 0 Å². The molecule has 0 aliphatic rings. The number of rotatable bonds is 8. The number of nitrogens with one attached hydrogen (secondary N) is 2. The lowest BCUT2D eigenvalue weighted by Gasteiger charge is -2.12. The van der Waals surface area contributed by atoms with Gasteiger partial charge in [-0.25, -0.2) is 0 Å². The van der Waals surface area contributed by atoms with Gasteiger partial charge in [-0.2, -0.15) is 0 Å². The van der Waals surface area contributed by atoms with Gasteiger partial charge in [-0.3, -0.25) is 14.4 Å². The van der Waals surface area contributed by atoms with Crippen LogP contribution in [0.2, 0.25) is 0 Å². The molecular weight excluding hydrogens is 360 g/mol. The molecule has 1 unspecified atom stereocenters. The molecular formula is C21H24N2O3S. The summed E-state index contributed by atoms with van der Waals surface area (Å²) >= 11 is 1.46. The Morgan fingerprint density at radius 2 is 1.48 bits per heavy atom. The molecule has 142 valence electrons. The zero-order valence-corrected chi connectivity index (χ0v) is 16.6. The van der Waals surface area contributed by atoms with Gasteiger partial charge in [-0.15, -0.1) is 11.8 Å². The number of thioether (sulfide) groups is 1. The average molecular weight is 385 g/mol. The summed E-state index contributed by atoms with van der Waals surface area (Å²) in [6.07, 6.45) is 1.28. The third-order valence-corrected chi connectivity index (χ3v) is 4.90. The van der Waals surface area contributed by atoms with Gasteiger partial charge in [0.15, 0.2) is 5.78 Å². The minimum atomic E-state index is -0.253. The highest BCUT2D eigenvalue weighted by Gasteiger charge is 2.16. The predicted molar refractivity (Wildman–Crippen MR) is 110 cm³/mol. The van der Waals surface area contributed by atoms with Crippen molar-refractivity contribution in [1.29, 1.82) is 0 Å². The molecule has 2 N–H and O–H groups in total. The number of anilines is 2. The number of hydrogen-bond acceptors (Lipinski definition) is 4. The first-order valence-electron chi connectivity index (χ1n) is 8.87. The molecule has 2 aromatic carbocycles. The van der Waals surface area contributed by atoms with E-state index < -0.39 is 0 Å². The van der Waals surface area contributed by atoms with Crippen LogP contribution < -0.4 is 10.6 Å². The molecule has 0 heterocycles. The predicted octanol–water partition coefficient (Wildman–Crippen LogP) is 4.75. The Bertz CT molecular complexity index is 801. The lowest BCUT2D eigenvalue weighted by atomic mass is 10.1. The Morgan fingerprint density at radius 1 is 0.926 bits per heavy atom. The fraction of sp³-hybridized carbons (Fsp3) is 0.286. The molecule has 2 amide bonds. The molecule has 0 spiro atoms. The van der Waals surface area contributed by atoms with Crippen molar-refractivity contribution >= 4 is 40.7 Å². The Hall–Kier alpha value is -2.60. The Labute approximate surface area is 163 Å². The van der Waals surface area contributed by atoms with Crippen LogP contribution >= 0.6 is 11.8 Å². The van der Waals surface area contributed by atoms with Gasteiger partial charge in [-0.05, 0) is 61.9 Å². The summed E-state index contributed by atoms with van der Waals surface area (Å²) in [5.74, 6) is -0.117. The van der Waals surface area contributed by atoms with Crippen molar-refractivity contribution in [3.05, 3.63) is 54.1 Å². The zero-order valence-electron chi connectivity index (χ0n) is 15.7. The third-order valence-electron chi connectivity index (χ3n) is 3.79. The fourth-order valence-corrected chi connectivity index (χ4v) is 3.43. The molecule has 0 saturated heterocycles. The van der Waals surface area contributed by atoms with Crippen LogP contribution in [0.15, 0.2) is 53.4 Å². The molecule has 2 rings (SSSR count). The van der Waals surface area contributed by atoms with Crippen LogP contribution in [-0.4, -0.2) is 22.8 Å². The van der Waals surface area contributed by atoms with Gasteiger partial charge in [0.05, 0.1) is 5.25 Å². The highest BCUT2D eigenvalue weighted by Crippen LogP contribution is 2.27.